The van der Waals surface area contributed by atoms with E-state index in [9.17, 15) is 10.1 Å². The predicted octanol–water partition coefficient (Wildman–Crippen LogP) is 0.702. The summed E-state index contributed by atoms with van der Waals surface area (Å²) in [7, 11) is 1.47. The third-order valence-electron chi connectivity index (χ3n) is 2.39. The molecule has 0 spiro atoms. The number of methoxy groups -OCH3 is 1. The quantitative estimate of drug-likeness (QED) is 0.390. The average Bonchev–Trinajstić information content (AvgIpc) is 2.42. The first-order chi connectivity index (χ1) is 9.17. The van der Waals surface area contributed by atoms with E-state index in [2.05, 4.69) is 5.32 Å². The largest absolute Gasteiger partial charge is 0.496 e. The minimum absolute atomic E-state index is 0.00206. The van der Waals surface area contributed by atoms with Gasteiger partial charge in [0.05, 0.1) is 37.9 Å². The second kappa shape index (κ2) is 8.41. The van der Waals surface area contributed by atoms with E-state index < -0.39 is 4.92 Å². The third kappa shape index (κ3) is 5.64. The highest BCUT2D eigenvalue weighted by Crippen LogP contribution is 2.22. The van der Waals surface area contributed by atoms with E-state index in [1.54, 1.807) is 6.07 Å². The Hall–Kier alpha value is -1.70. The van der Waals surface area contributed by atoms with Crippen molar-refractivity contribution in [1.29, 1.82) is 0 Å². The van der Waals surface area contributed by atoms with E-state index in [0.29, 0.717) is 32.1 Å². The maximum atomic E-state index is 10.8. The van der Waals surface area contributed by atoms with Crippen LogP contribution in [0.5, 0.6) is 5.75 Å². The molecule has 0 unspecified atom stereocenters. The Morgan fingerprint density at radius 1 is 1.37 bits per heavy atom. The molecule has 0 atom stereocenters. The zero-order valence-electron chi connectivity index (χ0n) is 10.8. The molecular formula is C12H18N2O5. The lowest BCUT2D eigenvalue weighted by Crippen LogP contribution is -2.20. The summed E-state index contributed by atoms with van der Waals surface area (Å²) in [6.07, 6.45) is 0. The average molecular weight is 270 g/mol. The minimum atomic E-state index is -0.448. The van der Waals surface area contributed by atoms with Crippen molar-refractivity contribution in [3.8, 4) is 5.75 Å². The molecule has 0 fully saturated rings. The van der Waals surface area contributed by atoms with Gasteiger partial charge in [-0.05, 0) is 11.6 Å². The van der Waals surface area contributed by atoms with Crippen molar-refractivity contribution in [2.75, 3.05) is 33.5 Å². The molecule has 0 saturated carbocycles. The fraction of sp³-hybridized carbons (Fsp3) is 0.500. The van der Waals surface area contributed by atoms with Crippen molar-refractivity contribution >= 4 is 5.69 Å². The maximum Gasteiger partial charge on any atom is 0.273 e. The number of aliphatic hydroxyl groups excluding tert-OH is 1. The highest BCUT2D eigenvalue weighted by Gasteiger charge is 2.09. The highest BCUT2D eigenvalue weighted by atomic mass is 16.6. The Kier molecular flexibility index (Phi) is 6.80. The van der Waals surface area contributed by atoms with Gasteiger partial charge in [0.25, 0.3) is 5.69 Å². The van der Waals surface area contributed by atoms with Crippen molar-refractivity contribution in [3.63, 3.8) is 0 Å². The Bertz CT molecular complexity index is 411. The molecule has 1 aromatic rings. The Morgan fingerprint density at radius 3 is 2.79 bits per heavy atom. The first-order valence-corrected chi connectivity index (χ1v) is 5.89. The number of aliphatic hydroxyl groups is 1. The zero-order chi connectivity index (χ0) is 14.1. The summed E-state index contributed by atoms with van der Waals surface area (Å²) in [5.74, 6) is 0.461. The van der Waals surface area contributed by atoms with Crippen LogP contribution in [0.2, 0.25) is 0 Å². The molecular weight excluding hydrogens is 252 g/mol. The van der Waals surface area contributed by atoms with Crippen molar-refractivity contribution in [3.05, 3.63) is 33.9 Å². The molecule has 2 N–H and O–H groups in total. The van der Waals surface area contributed by atoms with Crippen molar-refractivity contribution in [2.45, 2.75) is 6.54 Å². The molecule has 0 heterocycles. The summed E-state index contributed by atoms with van der Waals surface area (Å²) in [5, 5.41) is 22.4. The van der Waals surface area contributed by atoms with Crippen LogP contribution in [-0.4, -0.2) is 43.5 Å². The topological polar surface area (TPSA) is 93.9 Å². The number of nitrogens with one attached hydrogen (secondary N) is 1. The molecule has 1 aromatic carbocycles. The molecule has 0 aromatic heterocycles. The monoisotopic (exact) mass is 270 g/mol. The zero-order valence-corrected chi connectivity index (χ0v) is 10.8. The van der Waals surface area contributed by atoms with Gasteiger partial charge in [0, 0.05) is 19.2 Å². The van der Waals surface area contributed by atoms with Crippen molar-refractivity contribution in [2.24, 2.45) is 0 Å². The van der Waals surface area contributed by atoms with Crippen LogP contribution >= 0.6 is 0 Å². The summed E-state index contributed by atoms with van der Waals surface area (Å²) in [6.45, 7) is 1.88. The van der Waals surface area contributed by atoms with Crippen LogP contribution in [0.1, 0.15) is 5.56 Å². The van der Waals surface area contributed by atoms with Gasteiger partial charge in [-0.25, -0.2) is 0 Å². The minimum Gasteiger partial charge on any atom is -0.496 e. The number of rotatable bonds is 9. The third-order valence-corrected chi connectivity index (χ3v) is 2.39. The van der Waals surface area contributed by atoms with Gasteiger partial charge in [-0.15, -0.1) is 0 Å². The first-order valence-electron chi connectivity index (χ1n) is 5.89. The van der Waals surface area contributed by atoms with Crippen LogP contribution in [0, 0.1) is 10.1 Å². The van der Waals surface area contributed by atoms with Crippen LogP contribution in [0.3, 0.4) is 0 Å². The van der Waals surface area contributed by atoms with E-state index >= 15 is 0 Å². The van der Waals surface area contributed by atoms with Gasteiger partial charge in [0.15, 0.2) is 0 Å². The van der Waals surface area contributed by atoms with Gasteiger partial charge >= 0.3 is 0 Å². The standard InChI is InChI=1S/C12H18N2O5/c1-18-12-7-10(6-11(8-12)14(16)17)9-13-2-4-19-5-3-15/h6-8,13,15H,2-5,9H2,1H3. The van der Waals surface area contributed by atoms with Gasteiger partial charge in [-0.3, -0.25) is 10.1 Å². The lowest BCUT2D eigenvalue weighted by Gasteiger charge is -2.07. The summed E-state index contributed by atoms with van der Waals surface area (Å²) < 4.78 is 10.1. The first kappa shape index (κ1) is 15.4. The fourth-order valence-corrected chi connectivity index (χ4v) is 1.51. The molecule has 0 saturated heterocycles. The number of benzene rings is 1. The molecule has 0 bridgehead atoms. The van der Waals surface area contributed by atoms with Gasteiger partial charge in [-0.1, -0.05) is 0 Å². The van der Waals surface area contributed by atoms with Crippen LogP contribution in [0.25, 0.3) is 0 Å². The molecule has 7 nitrogen and oxygen atoms in total. The number of non-ortho nitro benzene ring substituents is 1. The summed E-state index contributed by atoms with van der Waals surface area (Å²) in [6, 6.07) is 4.63. The van der Waals surface area contributed by atoms with E-state index in [0.717, 1.165) is 5.56 Å². The molecule has 1 rings (SSSR count). The number of hydrogen-bond donors (Lipinski definition) is 2. The summed E-state index contributed by atoms with van der Waals surface area (Å²) >= 11 is 0. The number of nitro groups is 1. The van der Waals surface area contributed by atoms with E-state index in [1.807, 2.05) is 0 Å². The molecule has 0 aliphatic carbocycles. The SMILES string of the molecule is COc1cc(CNCCOCCO)cc([N+](=O)[O-])c1. The van der Waals surface area contributed by atoms with Crippen LogP contribution in [0.4, 0.5) is 5.69 Å². The van der Waals surface area contributed by atoms with E-state index in [4.69, 9.17) is 14.6 Å². The molecule has 106 valence electrons. The Labute approximate surface area is 111 Å². The smallest absolute Gasteiger partial charge is 0.273 e. The van der Waals surface area contributed by atoms with Crippen molar-refractivity contribution < 1.29 is 19.5 Å². The molecule has 0 aliphatic heterocycles. The normalized spacial score (nSPS) is 10.4. The number of hydrogen-bond acceptors (Lipinski definition) is 6. The number of nitro benzene ring substituents is 1. The summed E-state index contributed by atoms with van der Waals surface area (Å²) in [5.41, 5.74) is 0.779. The molecule has 0 radical (unpaired) electrons. The van der Waals surface area contributed by atoms with E-state index in [1.165, 1.54) is 19.2 Å². The lowest BCUT2D eigenvalue weighted by atomic mass is 10.2. The molecule has 0 amide bonds. The maximum absolute atomic E-state index is 10.8. The van der Waals surface area contributed by atoms with Crippen LogP contribution < -0.4 is 10.1 Å². The molecule has 19 heavy (non-hydrogen) atoms. The Balaban J connectivity index is 2.48. The lowest BCUT2D eigenvalue weighted by molar-refractivity contribution is -0.385. The summed E-state index contributed by atoms with van der Waals surface area (Å²) in [4.78, 5) is 10.3. The number of ether oxygens (including phenoxy) is 2. The van der Waals surface area contributed by atoms with Gasteiger partial charge in [0.1, 0.15) is 5.75 Å². The van der Waals surface area contributed by atoms with Crippen molar-refractivity contribution in [1.82, 2.24) is 5.32 Å². The second-order valence-corrected chi connectivity index (χ2v) is 3.81. The molecule has 0 aliphatic rings. The highest BCUT2D eigenvalue weighted by molar-refractivity contribution is 5.42. The Morgan fingerprint density at radius 2 is 2.16 bits per heavy atom. The van der Waals surface area contributed by atoms with Crippen LogP contribution in [-0.2, 0) is 11.3 Å². The number of nitrogens with zero attached hydrogens (tertiary/aromatic N) is 1. The van der Waals surface area contributed by atoms with E-state index in [-0.39, 0.29) is 12.3 Å². The van der Waals surface area contributed by atoms with Crippen LogP contribution in [0.15, 0.2) is 18.2 Å². The predicted molar refractivity (Wildman–Crippen MR) is 69.3 cm³/mol. The van der Waals surface area contributed by atoms with Gasteiger partial charge < -0.3 is 19.9 Å². The van der Waals surface area contributed by atoms with Gasteiger partial charge in [-0.2, -0.15) is 0 Å². The second-order valence-electron chi connectivity index (χ2n) is 3.81. The molecule has 7 heteroatoms. The fourth-order valence-electron chi connectivity index (χ4n) is 1.51. The van der Waals surface area contributed by atoms with Gasteiger partial charge in [0.2, 0.25) is 0 Å².